The van der Waals surface area contributed by atoms with Crippen molar-refractivity contribution in [2.45, 2.75) is 0 Å². The maximum atomic E-state index is 5.83. The molecular formula is C9H13BrN4O. The quantitative estimate of drug-likeness (QED) is 0.844. The Morgan fingerprint density at radius 1 is 1.47 bits per heavy atom. The van der Waals surface area contributed by atoms with Gasteiger partial charge in [-0.2, -0.15) is 0 Å². The van der Waals surface area contributed by atoms with Gasteiger partial charge in [0.25, 0.3) is 0 Å². The molecule has 5 nitrogen and oxygen atoms in total. The molecule has 1 aliphatic rings. The lowest BCUT2D eigenvalue weighted by Gasteiger charge is -2.27. The minimum Gasteiger partial charge on any atom is -0.396 e. The molecule has 1 aliphatic heterocycles. The van der Waals surface area contributed by atoms with Gasteiger partial charge in [0.2, 0.25) is 0 Å². The molecule has 0 radical (unpaired) electrons. The zero-order valence-electron chi connectivity index (χ0n) is 8.24. The standard InChI is InChI=1S/C9H13BrN4O/c10-7-5-8(11)9(12-6-7)13-14-1-3-15-4-2-14/h5-6H,1-4,11H2,(H,12,13). The predicted molar refractivity (Wildman–Crippen MR) is 62.4 cm³/mol. The van der Waals surface area contributed by atoms with Crippen LogP contribution in [0.2, 0.25) is 0 Å². The van der Waals surface area contributed by atoms with Gasteiger partial charge >= 0.3 is 0 Å². The summed E-state index contributed by atoms with van der Waals surface area (Å²) in [6, 6.07) is 1.83. The summed E-state index contributed by atoms with van der Waals surface area (Å²) in [5, 5.41) is 2.05. The monoisotopic (exact) mass is 272 g/mol. The van der Waals surface area contributed by atoms with Crippen LogP contribution in [0.1, 0.15) is 0 Å². The van der Waals surface area contributed by atoms with Gasteiger partial charge in [-0.15, -0.1) is 0 Å². The molecule has 0 aromatic carbocycles. The number of hydrogen-bond acceptors (Lipinski definition) is 5. The van der Waals surface area contributed by atoms with E-state index in [1.165, 1.54) is 0 Å². The molecule has 1 fully saturated rings. The summed E-state index contributed by atoms with van der Waals surface area (Å²) >= 11 is 3.32. The number of rotatable bonds is 2. The van der Waals surface area contributed by atoms with E-state index in [0.29, 0.717) is 11.5 Å². The zero-order valence-corrected chi connectivity index (χ0v) is 9.83. The van der Waals surface area contributed by atoms with E-state index in [1.807, 2.05) is 6.07 Å². The molecule has 1 saturated heterocycles. The minimum atomic E-state index is 0.635. The van der Waals surface area contributed by atoms with E-state index in [2.05, 4.69) is 31.3 Å². The Balaban J connectivity index is 2.03. The number of morpholine rings is 1. The lowest BCUT2D eigenvalue weighted by atomic mass is 10.4. The van der Waals surface area contributed by atoms with Crippen LogP contribution in [0.5, 0.6) is 0 Å². The number of nitrogens with one attached hydrogen (secondary N) is 1. The van der Waals surface area contributed by atoms with Crippen molar-refractivity contribution in [3.63, 3.8) is 0 Å². The molecule has 1 aromatic heterocycles. The summed E-state index contributed by atoms with van der Waals surface area (Å²) < 4.78 is 6.13. The van der Waals surface area contributed by atoms with Crippen LogP contribution in [0, 0.1) is 0 Å². The maximum absolute atomic E-state index is 5.83. The van der Waals surface area contributed by atoms with Gasteiger partial charge in [-0.25, -0.2) is 9.99 Å². The van der Waals surface area contributed by atoms with Crippen molar-refractivity contribution >= 4 is 27.4 Å². The first-order valence-corrected chi connectivity index (χ1v) is 5.55. The van der Waals surface area contributed by atoms with Gasteiger partial charge in [-0.05, 0) is 22.0 Å². The van der Waals surface area contributed by atoms with Gasteiger partial charge < -0.3 is 15.9 Å². The van der Waals surface area contributed by atoms with Gasteiger partial charge in [0.05, 0.1) is 18.9 Å². The van der Waals surface area contributed by atoms with Gasteiger partial charge in [0.1, 0.15) is 0 Å². The smallest absolute Gasteiger partial charge is 0.163 e. The molecule has 15 heavy (non-hydrogen) atoms. The van der Waals surface area contributed by atoms with Crippen molar-refractivity contribution in [1.29, 1.82) is 0 Å². The molecular weight excluding hydrogens is 260 g/mol. The van der Waals surface area contributed by atoms with E-state index in [0.717, 1.165) is 30.8 Å². The van der Waals surface area contributed by atoms with Crippen molar-refractivity contribution in [3.05, 3.63) is 16.7 Å². The summed E-state index contributed by atoms with van der Waals surface area (Å²) in [6.45, 7) is 3.17. The van der Waals surface area contributed by atoms with Gasteiger partial charge in [0, 0.05) is 23.8 Å². The summed E-state index contributed by atoms with van der Waals surface area (Å²) in [4.78, 5) is 4.21. The van der Waals surface area contributed by atoms with Crippen molar-refractivity contribution in [2.24, 2.45) is 0 Å². The van der Waals surface area contributed by atoms with E-state index in [9.17, 15) is 0 Å². The Bertz CT molecular complexity index is 341. The average molecular weight is 273 g/mol. The summed E-state index contributed by atoms with van der Waals surface area (Å²) in [5.41, 5.74) is 9.63. The van der Waals surface area contributed by atoms with Gasteiger partial charge in [-0.3, -0.25) is 0 Å². The maximum Gasteiger partial charge on any atom is 0.163 e. The largest absolute Gasteiger partial charge is 0.396 e. The second kappa shape index (κ2) is 4.78. The van der Waals surface area contributed by atoms with Crippen molar-refractivity contribution < 1.29 is 4.74 Å². The van der Waals surface area contributed by atoms with Crippen LogP contribution < -0.4 is 11.2 Å². The molecule has 1 aromatic rings. The number of nitrogens with zero attached hydrogens (tertiary/aromatic N) is 2. The molecule has 2 rings (SSSR count). The number of pyridine rings is 1. The van der Waals surface area contributed by atoms with E-state index >= 15 is 0 Å². The minimum absolute atomic E-state index is 0.635. The Morgan fingerprint density at radius 2 is 2.20 bits per heavy atom. The van der Waals surface area contributed by atoms with Crippen LogP contribution in [0.3, 0.4) is 0 Å². The lowest BCUT2D eigenvalue weighted by molar-refractivity contribution is 0.0495. The molecule has 82 valence electrons. The van der Waals surface area contributed by atoms with Crippen LogP contribution in [0.15, 0.2) is 16.7 Å². The number of hydrogen-bond donors (Lipinski definition) is 2. The highest BCUT2D eigenvalue weighted by Crippen LogP contribution is 2.20. The second-order valence-corrected chi connectivity index (χ2v) is 4.22. The fraction of sp³-hybridized carbons (Fsp3) is 0.444. The van der Waals surface area contributed by atoms with Crippen LogP contribution in [-0.4, -0.2) is 36.3 Å². The summed E-state index contributed by atoms with van der Waals surface area (Å²) in [5.74, 6) is 0.695. The second-order valence-electron chi connectivity index (χ2n) is 3.30. The number of anilines is 2. The number of ether oxygens (including phenoxy) is 1. The molecule has 6 heteroatoms. The van der Waals surface area contributed by atoms with Crippen LogP contribution in [0.25, 0.3) is 0 Å². The SMILES string of the molecule is Nc1cc(Br)cnc1NN1CCOCC1. The molecule has 3 N–H and O–H groups in total. The number of hydrazine groups is 1. The molecule has 0 unspecified atom stereocenters. The molecule has 0 amide bonds. The van der Waals surface area contributed by atoms with Gasteiger partial charge in [0.15, 0.2) is 5.82 Å². The molecule has 0 spiro atoms. The van der Waals surface area contributed by atoms with Crippen LogP contribution >= 0.6 is 15.9 Å². The Labute approximate surface area is 96.7 Å². The third-order valence-corrected chi connectivity index (χ3v) is 2.59. The number of nitrogens with two attached hydrogens (primary N) is 1. The first-order valence-electron chi connectivity index (χ1n) is 4.76. The molecule has 0 saturated carbocycles. The van der Waals surface area contributed by atoms with E-state index < -0.39 is 0 Å². The first-order chi connectivity index (χ1) is 7.25. The summed E-state index contributed by atoms with van der Waals surface area (Å²) in [7, 11) is 0. The van der Waals surface area contributed by atoms with Crippen LogP contribution in [0.4, 0.5) is 11.5 Å². The van der Waals surface area contributed by atoms with E-state index in [-0.39, 0.29) is 0 Å². The van der Waals surface area contributed by atoms with E-state index in [1.54, 1.807) is 6.20 Å². The summed E-state index contributed by atoms with van der Waals surface area (Å²) in [6.07, 6.45) is 1.72. The van der Waals surface area contributed by atoms with Crippen molar-refractivity contribution in [3.8, 4) is 0 Å². The molecule has 0 bridgehead atoms. The zero-order chi connectivity index (χ0) is 10.7. The Hall–Kier alpha value is -0.850. The number of nitrogen functional groups attached to an aromatic ring is 1. The third kappa shape index (κ3) is 2.80. The molecule has 2 heterocycles. The highest BCUT2D eigenvalue weighted by atomic mass is 79.9. The Morgan fingerprint density at radius 3 is 2.87 bits per heavy atom. The highest BCUT2D eigenvalue weighted by Gasteiger charge is 2.11. The van der Waals surface area contributed by atoms with Gasteiger partial charge in [-0.1, -0.05) is 0 Å². The molecule has 0 aliphatic carbocycles. The number of aromatic nitrogens is 1. The van der Waals surface area contributed by atoms with Crippen LogP contribution in [-0.2, 0) is 4.74 Å². The normalized spacial score (nSPS) is 17.7. The highest BCUT2D eigenvalue weighted by molar-refractivity contribution is 9.10. The fourth-order valence-corrected chi connectivity index (χ4v) is 1.72. The van der Waals surface area contributed by atoms with E-state index in [4.69, 9.17) is 10.5 Å². The predicted octanol–water partition coefficient (Wildman–Crippen LogP) is 1.09. The molecule has 0 atom stereocenters. The van der Waals surface area contributed by atoms with Crippen molar-refractivity contribution in [2.75, 3.05) is 37.5 Å². The Kier molecular flexibility index (Phi) is 3.40. The number of halogens is 1. The first kappa shape index (κ1) is 10.7. The topological polar surface area (TPSA) is 63.4 Å². The average Bonchev–Trinajstić information content (AvgIpc) is 2.24. The lowest BCUT2D eigenvalue weighted by Crippen LogP contribution is -2.40. The third-order valence-electron chi connectivity index (χ3n) is 2.16. The van der Waals surface area contributed by atoms with Crippen molar-refractivity contribution in [1.82, 2.24) is 9.99 Å². The fourth-order valence-electron chi connectivity index (χ4n) is 1.37.